The van der Waals surface area contributed by atoms with Crippen LogP contribution in [0.15, 0.2) is 30.6 Å². The number of nitrogens with one attached hydrogen (secondary N) is 1. The van der Waals surface area contributed by atoms with Gasteiger partial charge < -0.3 is 14.6 Å². The van der Waals surface area contributed by atoms with Crippen molar-refractivity contribution >= 4 is 29.1 Å². The third-order valence-corrected chi connectivity index (χ3v) is 4.33. The molecule has 3 rings (SSSR count). The van der Waals surface area contributed by atoms with Crippen LogP contribution in [0.5, 0.6) is 5.75 Å². The fraction of sp³-hybridized carbons (Fsp3) is 0.375. The molecule has 23 heavy (non-hydrogen) atoms. The van der Waals surface area contributed by atoms with Gasteiger partial charge in [0, 0.05) is 24.5 Å². The molecule has 1 fully saturated rings. The first-order valence-corrected chi connectivity index (χ1v) is 8.14. The predicted molar refractivity (Wildman–Crippen MR) is 88.8 cm³/mol. The lowest BCUT2D eigenvalue weighted by Gasteiger charge is -2.18. The number of halogens is 2. The summed E-state index contributed by atoms with van der Waals surface area (Å²) in [5.74, 6) is 1.55. The summed E-state index contributed by atoms with van der Waals surface area (Å²) in [6.45, 7) is -0.102. The van der Waals surface area contributed by atoms with Crippen molar-refractivity contribution in [3.63, 3.8) is 0 Å². The van der Waals surface area contributed by atoms with Crippen molar-refractivity contribution in [1.29, 1.82) is 0 Å². The summed E-state index contributed by atoms with van der Waals surface area (Å²) in [6.07, 6.45) is 5.81. The van der Waals surface area contributed by atoms with Crippen LogP contribution in [0.1, 0.15) is 24.7 Å². The molecular formula is C16H17Cl2N3O2. The van der Waals surface area contributed by atoms with E-state index in [1.165, 1.54) is 0 Å². The fourth-order valence-electron chi connectivity index (χ4n) is 2.45. The molecule has 1 amide bonds. The summed E-state index contributed by atoms with van der Waals surface area (Å²) < 4.78 is 7.40. The first-order valence-electron chi connectivity index (χ1n) is 7.39. The number of carbonyl (C=O) groups is 1. The minimum atomic E-state index is -0.198. The van der Waals surface area contributed by atoms with Crippen molar-refractivity contribution in [2.24, 2.45) is 13.0 Å². The zero-order chi connectivity index (χ0) is 16.4. The molecule has 1 saturated carbocycles. The number of benzene rings is 1. The lowest BCUT2D eigenvalue weighted by Crippen LogP contribution is -2.35. The molecule has 0 radical (unpaired) electrons. The highest BCUT2D eigenvalue weighted by Crippen LogP contribution is 2.40. The SMILES string of the molecule is Cn1ccnc1[C@H](NC(=O)COc1ccc(Cl)cc1Cl)C1CC1. The zero-order valence-electron chi connectivity index (χ0n) is 12.6. The first-order chi connectivity index (χ1) is 11.0. The lowest BCUT2D eigenvalue weighted by molar-refractivity contribution is -0.124. The topological polar surface area (TPSA) is 56.2 Å². The maximum Gasteiger partial charge on any atom is 0.258 e. The highest BCUT2D eigenvalue weighted by atomic mass is 35.5. The second-order valence-electron chi connectivity index (χ2n) is 5.64. The minimum absolute atomic E-state index is 0.0770. The molecule has 1 aromatic carbocycles. The average molecular weight is 354 g/mol. The lowest BCUT2D eigenvalue weighted by atomic mass is 10.1. The van der Waals surface area contributed by atoms with E-state index >= 15 is 0 Å². The number of amides is 1. The average Bonchev–Trinajstić information content (AvgIpc) is 3.26. The van der Waals surface area contributed by atoms with Crippen molar-refractivity contribution < 1.29 is 9.53 Å². The Morgan fingerprint density at radius 1 is 1.48 bits per heavy atom. The second-order valence-corrected chi connectivity index (χ2v) is 6.49. The van der Waals surface area contributed by atoms with E-state index in [1.807, 2.05) is 17.8 Å². The highest BCUT2D eigenvalue weighted by Gasteiger charge is 2.35. The van der Waals surface area contributed by atoms with Crippen molar-refractivity contribution in [3.8, 4) is 5.75 Å². The molecule has 2 aromatic rings. The number of aromatic nitrogens is 2. The number of rotatable bonds is 6. The van der Waals surface area contributed by atoms with Crippen LogP contribution in [-0.4, -0.2) is 22.1 Å². The van der Waals surface area contributed by atoms with Gasteiger partial charge in [0.2, 0.25) is 0 Å². The number of nitrogens with zero attached hydrogens (tertiary/aromatic N) is 2. The Kier molecular flexibility index (Phi) is 4.78. The molecule has 1 atom stereocenters. The van der Waals surface area contributed by atoms with E-state index in [2.05, 4.69) is 10.3 Å². The zero-order valence-corrected chi connectivity index (χ0v) is 14.1. The van der Waals surface area contributed by atoms with E-state index in [1.54, 1.807) is 24.4 Å². The van der Waals surface area contributed by atoms with Crippen molar-refractivity contribution in [2.75, 3.05) is 6.61 Å². The Balaban J connectivity index is 1.60. The molecule has 0 saturated heterocycles. The van der Waals surface area contributed by atoms with Crippen LogP contribution in [0.4, 0.5) is 0 Å². The van der Waals surface area contributed by atoms with E-state index in [9.17, 15) is 4.79 Å². The monoisotopic (exact) mass is 353 g/mol. The highest BCUT2D eigenvalue weighted by molar-refractivity contribution is 6.35. The van der Waals surface area contributed by atoms with Crippen molar-refractivity contribution in [2.45, 2.75) is 18.9 Å². The Morgan fingerprint density at radius 3 is 2.87 bits per heavy atom. The van der Waals surface area contributed by atoms with E-state index in [-0.39, 0.29) is 18.6 Å². The Labute approximate surface area is 144 Å². The molecule has 1 aromatic heterocycles. The molecule has 0 unspecified atom stereocenters. The largest absolute Gasteiger partial charge is 0.482 e. The third-order valence-electron chi connectivity index (χ3n) is 3.80. The molecule has 7 heteroatoms. The van der Waals surface area contributed by atoms with Gasteiger partial charge in [-0.25, -0.2) is 4.98 Å². The van der Waals surface area contributed by atoms with Gasteiger partial charge in [-0.05, 0) is 37.0 Å². The molecule has 5 nitrogen and oxygen atoms in total. The van der Waals surface area contributed by atoms with Crippen molar-refractivity contribution in [3.05, 3.63) is 46.5 Å². The number of ether oxygens (including phenoxy) is 1. The number of carbonyl (C=O) groups excluding carboxylic acids is 1. The Bertz CT molecular complexity index is 713. The van der Waals surface area contributed by atoms with Gasteiger partial charge in [-0.15, -0.1) is 0 Å². The summed E-state index contributed by atoms with van der Waals surface area (Å²) in [7, 11) is 1.92. The normalized spacial score (nSPS) is 15.3. The molecule has 122 valence electrons. The smallest absolute Gasteiger partial charge is 0.258 e. The van der Waals surface area contributed by atoms with Gasteiger partial charge in [-0.1, -0.05) is 23.2 Å². The standard InChI is InChI=1S/C16H17Cl2N3O2/c1-21-7-6-19-16(21)15(10-2-3-10)20-14(22)9-23-13-5-4-11(17)8-12(13)18/h4-8,10,15H,2-3,9H2,1H3,(H,20,22)/t15-/m1/s1. The van der Waals surface area contributed by atoms with Crippen LogP contribution < -0.4 is 10.1 Å². The van der Waals surface area contributed by atoms with Gasteiger partial charge >= 0.3 is 0 Å². The van der Waals surface area contributed by atoms with E-state index in [0.29, 0.717) is 21.7 Å². The molecule has 1 aliphatic rings. The number of hydrogen-bond acceptors (Lipinski definition) is 3. The Morgan fingerprint density at radius 2 is 2.26 bits per heavy atom. The van der Waals surface area contributed by atoms with Gasteiger partial charge in [0.25, 0.3) is 5.91 Å². The molecule has 1 heterocycles. The molecular weight excluding hydrogens is 337 g/mol. The van der Waals surface area contributed by atoms with Gasteiger partial charge in [-0.3, -0.25) is 4.79 Å². The minimum Gasteiger partial charge on any atom is -0.482 e. The third kappa shape index (κ3) is 3.98. The number of aryl methyl sites for hydroxylation is 1. The van der Waals surface area contributed by atoms with Gasteiger partial charge in [0.1, 0.15) is 11.6 Å². The number of imidazole rings is 1. The summed E-state index contributed by atoms with van der Waals surface area (Å²) in [5, 5.41) is 3.91. The van der Waals surface area contributed by atoms with Gasteiger partial charge in [0.15, 0.2) is 6.61 Å². The van der Waals surface area contributed by atoms with E-state index in [4.69, 9.17) is 27.9 Å². The second kappa shape index (κ2) is 6.81. The Hall–Kier alpha value is -1.72. The van der Waals surface area contributed by atoms with Gasteiger partial charge in [0.05, 0.1) is 11.1 Å². The number of hydrogen-bond donors (Lipinski definition) is 1. The van der Waals surface area contributed by atoms with Crippen LogP contribution >= 0.6 is 23.2 Å². The molecule has 1 N–H and O–H groups in total. The van der Waals surface area contributed by atoms with Crippen LogP contribution in [0, 0.1) is 5.92 Å². The predicted octanol–water partition coefficient (Wildman–Crippen LogP) is 3.37. The fourth-order valence-corrected chi connectivity index (χ4v) is 2.91. The quantitative estimate of drug-likeness (QED) is 0.865. The summed E-state index contributed by atoms with van der Waals surface area (Å²) in [4.78, 5) is 16.5. The summed E-state index contributed by atoms with van der Waals surface area (Å²) >= 11 is 11.9. The van der Waals surface area contributed by atoms with E-state index < -0.39 is 0 Å². The maximum atomic E-state index is 12.2. The molecule has 0 spiro atoms. The van der Waals surface area contributed by atoms with Crippen LogP contribution in [0.25, 0.3) is 0 Å². The van der Waals surface area contributed by atoms with E-state index in [0.717, 1.165) is 18.7 Å². The first kappa shape index (κ1) is 16.1. The van der Waals surface area contributed by atoms with Crippen molar-refractivity contribution in [1.82, 2.24) is 14.9 Å². The maximum absolute atomic E-state index is 12.2. The van der Waals surface area contributed by atoms with Crippen LogP contribution in [0.3, 0.4) is 0 Å². The summed E-state index contributed by atoms with van der Waals surface area (Å²) in [5.41, 5.74) is 0. The van der Waals surface area contributed by atoms with Crippen LogP contribution in [0.2, 0.25) is 10.0 Å². The summed E-state index contributed by atoms with van der Waals surface area (Å²) in [6, 6.07) is 4.82. The van der Waals surface area contributed by atoms with Gasteiger partial charge in [-0.2, -0.15) is 0 Å². The molecule has 1 aliphatic carbocycles. The molecule has 0 aliphatic heterocycles. The molecule has 0 bridgehead atoms. The van der Waals surface area contributed by atoms with Crippen LogP contribution in [-0.2, 0) is 11.8 Å².